The van der Waals surface area contributed by atoms with Gasteiger partial charge in [0.2, 0.25) is 5.89 Å². The zero-order valence-corrected chi connectivity index (χ0v) is 10.0. The maximum absolute atomic E-state index is 6.02. The van der Waals surface area contributed by atoms with Crippen LogP contribution in [0.3, 0.4) is 0 Å². The molecule has 1 aromatic rings. The minimum Gasteiger partial charge on any atom is -0.384 e. The van der Waals surface area contributed by atoms with Gasteiger partial charge in [-0.05, 0) is 13.8 Å². The Morgan fingerprint density at radius 1 is 1.50 bits per heavy atom. The Morgan fingerprint density at radius 2 is 2.25 bits per heavy atom. The molecule has 0 aliphatic heterocycles. The number of nitrogens with zero attached hydrogens (tertiary/aromatic N) is 2. The molecule has 2 N–H and O–H groups in total. The Kier molecular flexibility index (Phi) is 4.85. The molecule has 6 nitrogen and oxygen atoms in total. The van der Waals surface area contributed by atoms with Gasteiger partial charge in [-0.15, -0.1) is 0 Å². The van der Waals surface area contributed by atoms with Gasteiger partial charge in [0.05, 0.1) is 19.6 Å². The first-order chi connectivity index (χ1) is 7.60. The van der Waals surface area contributed by atoms with Gasteiger partial charge in [-0.25, -0.2) is 0 Å². The SMILES string of the molecule is CCOCC(C)(N)c1noc(CCOC)n1. The van der Waals surface area contributed by atoms with Crippen LogP contribution in [0.5, 0.6) is 0 Å². The number of hydrogen-bond donors (Lipinski definition) is 1. The highest BCUT2D eigenvalue weighted by Gasteiger charge is 2.27. The van der Waals surface area contributed by atoms with Crippen LogP contribution in [0.25, 0.3) is 0 Å². The standard InChI is InChI=1S/C10H19N3O3/c1-4-15-7-10(2,11)9-12-8(16-13-9)5-6-14-3/h4-7,11H2,1-3H3. The summed E-state index contributed by atoms with van der Waals surface area (Å²) in [5.41, 5.74) is 5.31. The minimum absolute atomic E-state index is 0.368. The molecule has 6 heteroatoms. The molecule has 1 heterocycles. The maximum atomic E-state index is 6.02. The zero-order chi connectivity index (χ0) is 12.0. The van der Waals surface area contributed by atoms with Crippen LogP contribution in [0.4, 0.5) is 0 Å². The largest absolute Gasteiger partial charge is 0.384 e. The molecule has 0 bridgehead atoms. The highest BCUT2D eigenvalue weighted by atomic mass is 16.5. The first kappa shape index (κ1) is 13.1. The average Bonchev–Trinajstić information content (AvgIpc) is 2.73. The first-order valence-corrected chi connectivity index (χ1v) is 5.28. The predicted octanol–water partition coefficient (Wildman–Crippen LogP) is 0.469. The summed E-state index contributed by atoms with van der Waals surface area (Å²) in [4.78, 5) is 4.21. The van der Waals surface area contributed by atoms with Crippen LogP contribution in [0, 0.1) is 0 Å². The average molecular weight is 229 g/mol. The lowest BCUT2D eigenvalue weighted by Gasteiger charge is -2.19. The summed E-state index contributed by atoms with van der Waals surface area (Å²) < 4.78 is 15.2. The second-order valence-electron chi connectivity index (χ2n) is 3.81. The smallest absolute Gasteiger partial charge is 0.229 e. The van der Waals surface area contributed by atoms with Crippen LogP contribution >= 0.6 is 0 Å². The quantitative estimate of drug-likeness (QED) is 0.731. The van der Waals surface area contributed by atoms with E-state index in [1.165, 1.54) is 0 Å². The lowest BCUT2D eigenvalue weighted by Crippen LogP contribution is -2.39. The Labute approximate surface area is 95.1 Å². The molecule has 1 aromatic heterocycles. The Balaban J connectivity index is 2.61. The second-order valence-corrected chi connectivity index (χ2v) is 3.81. The first-order valence-electron chi connectivity index (χ1n) is 5.28. The molecule has 1 atom stereocenters. The van der Waals surface area contributed by atoms with Crippen LogP contribution in [0.15, 0.2) is 4.52 Å². The van der Waals surface area contributed by atoms with E-state index >= 15 is 0 Å². The molecule has 0 aromatic carbocycles. The van der Waals surface area contributed by atoms with Crippen molar-refractivity contribution in [2.24, 2.45) is 5.73 Å². The maximum Gasteiger partial charge on any atom is 0.229 e. The molecule has 1 unspecified atom stereocenters. The number of ether oxygens (including phenoxy) is 2. The molecule has 0 radical (unpaired) electrons. The highest BCUT2D eigenvalue weighted by molar-refractivity contribution is 5.01. The van der Waals surface area contributed by atoms with Crippen molar-refractivity contribution in [2.45, 2.75) is 25.8 Å². The Hall–Kier alpha value is -0.980. The number of rotatable bonds is 7. The molecule has 0 amide bonds. The van der Waals surface area contributed by atoms with E-state index in [0.717, 1.165) is 0 Å². The summed E-state index contributed by atoms with van der Waals surface area (Å²) in [5.74, 6) is 0.997. The van der Waals surface area contributed by atoms with E-state index in [9.17, 15) is 0 Å². The van der Waals surface area contributed by atoms with Gasteiger partial charge in [0.25, 0.3) is 0 Å². The fraction of sp³-hybridized carbons (Fsp3) is 0.800. The van der Waals surface area contributed by atoms with Crippen molar-refractivity contribution in [1.29, 1.82) is 0 Å². The summed E-state index contributed by atoms with van der Waals surface area (Å²) in [6, 6.07) is 0. The van der Waals surface area contributed by atoms with Gasteiger partial charge in [0.1, 0.15) is 5.54 Å². The topological polar surface area (TPSA) is 83.4 Å². The minimum atomic E-state index is -0.717. The van der Waals surface area contributed by atoms with E-state index in [2.05, 4.69) is 10.1 Å². The van der Waals surface area contributed by atoms with Gasteiger partial charge in [-0.1, -0.05) is 5.16 Å². The van der Waals surface area contributed by atoms with Crippen molar-refractivity contribution in [3.8, 4) is 0 Å². The van der Waals surface area contributed by atoms with Crippen molar-refractivity contribution in [3.05, 3.63) is 11.7 Å². The summed E-state index contributed by atoms with van der Waals surface area (Å²) >= 11 is 0. The molecule has 0 aliphatic carbocycles. The van der Waals surface area contributed by atoms with Crippen molar-refractivity contribution in [2.75, 3.05) is 26.9 Å². The van der Waals surface area contributed by atoms with Crippen LogP contribution in [-0.2, 0) is 21.4 Å². The van der Waals surface area contributed by atoms with Gasteiger partial charge in [-0.2, -0.15) is 4.98 Å². The van der Waals surface area contributed by atoms with Crippen LogP contribution in [-0.4, -0.2) is 37.1 Å². The van der Waals surface area contributed by atoms with Crippen LogP contribution < -0.4 is 5.73 Å². The molecule has 92 valence electrons. The van der Waals surface area contributed by atoms with Crippen molar-refractivity contribution < 1.29 is 14.0 Å². The molecule has 0 saturated carbocycles. The van der Waals surface area contributed by atoms with Crippen LogP contribution in [0.1, 0.15) is 25.6 Å². The molecular weight excluding hydrogens is 210 g/mol. The molecule has 16 heavy (non-hydrogen) atoms. The fourth-order valence-corrected chi connectivity index (χ4v) is 1.16. The summed E-state index contributed by atoms with van der Waals surface area (Å²) in [6.45, 7) is 5.26. The number of methoxy groups -OCH3 is 1. The monoisotopic (exact) mass is 229 g/mol. The molecule has 1 rings (SSSR count). The van der Waals surface area contributed by atoms with Gasteiger partial charge >= 0.3 is 0 Å². The summed E-state index contributed by atoms with van der Waals surface area (Å²) in [5, 5.41) is 3.85. The third kappa shape index (κ3) is 3.55. The van der Waals surface area contributed by atoms with Crippen molar-refractivity contribution >= 4 is 0 Å². The molecule has 0 aliphatic rings. The lowest BCUT2D eigenvalue weighted by molar-refractivity contribution is 0.0962. The summed E-state index contributed by atoms with van der Waals surface area (Å²) in [7, 11) is 1.62. The van der Waals surface area contributed by atoms with Crippen molar-refractivity contribution in [1.82, 2.24) is 10.1 Å². The van der Waals surface area contributed by atoms with E-state index in [-0.39, 0.29) is 0 Å². The molecular formula is C10H19N3O3. The van der Waals surface area contributed by atoms with E-state index in [4.69, 9.17) is 19.7 Å². The highest BCUT2D eigenvalue weighted by Crippen LogP contribution is 2.14. The van der Waals surface area contributed by atoms with E-state index < -0.39 is 5.54 Å². The molecule has 0 fully saturated rings. The third-order valence-corrected chi connectivity index (χ3v) is 2.10. The number of hydrogen-bond acceptors (Lipinski definition) is 6. The van der Waals surface area contributed by atoms with Gasteiger partial charge in [-0.3, -0.25) is 0 Å². The van der Waals surface area contributed by atoms with Crippen molar-refractivity contribution in [3.63, 3.8) is 0 Å². The predicted molar refractivity (Wildman–Crippen MR) is 57.9 cm³/mol. The van der Waals surface area contributed by atoms with Gasteiger partial charge in [0.15, 0.2) is 5.82 Å². The van der Waals surface area contributed by atoms with Gasteiger partial charge in [0, 0.05) is 13.7 Å². The number of aromatic nitrogens is 2. The molecule has 0 spiro atoms. The zero-order valence-electron chi connectivity index (χ0n) is 10.0. The number of nitrogens with two attached hydrogens (primary N) is 1. The van der Waals surface area contributed by atoms with E-state index in [1.807, 2.05) is 13.8 Å². The Bertz CT molecular complexity index is 312. The normalized spacial score (nSPS) is 15.0. The van der Waals surface area contributed by atoms with E-state index in [1.54, 1.807) is 7.11 Å². The second kappa shape index (κ2) is 5.93. The molecule has 0 saturated heterocycles. The van der Waals surface area contributed by atoms with Crippen LogP contribution in [0.2, 0.25) is 0 Å². The Morgan fingerprint density at radius 3 is 2.88 bits per heavy atom. The third-order valence-electron chi connectivity index (χ3n) is 2.10. The fourth-order valence-electron chi connectivity index (χ4n) is 1.16. The lowest BCUT2D eigenvalue weighted by atomic mass is 10.1. The van der Waals surface area contributed by atoms with E-state index in [0.29, 0.717) is 38.0 Å². The summed E-state index contributed by atoms with van der Waals surface area (Å²) in [6.07, 6.45) is 0.591. The van der Waals surface area contributed by atoms with Gasteiger partial charge < -0.3 is 19.7 Å².